The molecule has 1 aliphatic rings. The molecule has 0 aromatic carbocycles. The first-order chi connectivity index (χ1) is 7.70. The third kappa shape index (κ3) is 2.13. The van der Waals surface area contributed by atoms with Gasteiger partial charge in [0.15, 0.2) is 0 Å². The van der Waals surface area contributed by atoms with Gasteiger partial charge >= 0.3 is 0 Å². The second kappa shape index (κ2) is 4.47. The number of nitrogens with zero attached hydrogens (tertiary/aromatic N) is 3. The lowest BCUT2D eigenvalue weighted by Gasteiger charge is -2.24. The summed E-state index contributed by atoms with van der Waals surface area (Å²) in [7, 11) is 0. The fourth-order valence-corrected chi connectivity index (χ4v) is 1.65. The van der Waals surface area contributed by atoms with Crippen molar-refractivity contribution in [2.24, 2.45) is 0 Å². The van der Waals surface area contributed by atoms with E-state index in [1.807, 2.05) is 6.92 Å². The lowest BCUT2D eigenvalue weighted by Crippen LogP contribution is -2.35. The predicted molar refractivity (Wildman–Crippen MR) is 60.0 cm³/mol. The highest BCUT2D eigenvalue weighted by molar-refractivity contribution is 5.90. The molecule has 1 amide bonds. The van der Waals surface area contributed by atoms with E-state index >= 15 is 0 Å². The molecule has 86 valence electrons. The zero-order valence-corrected chi connectivity index (χ0v) is 9.66. The van der Waals surface area contributed by atoms with E-state index in [9.17, 15) is 4.79 Å². The summed E-state index contributed by atoms with van der Waals surface area (Å²) < 4.78 is 0. The zero-order valence-electron chi connectivity index (χ0n) is 9.66. The van der Waals surface area contributed by atoms with Crippen LogP contribution in [0.3, 0.4) is 0 Å². The van der Waals surface area contributed by atoms with E-state index in [-0.39, 0.29) is 11.7 Å². The van der Waals surface area contributed by atoms with Gasteiger partial charge in [0, 0.05) is 19.5 Å². The average Bonchev–Trinajstić information content (AvgIpc) is 2.77. The number of aromatic nitrogens is 3. The summed E-state index contributed by atoms with van der Waals surface area (Å²) in [6, 6.07) is 0. The van der Waals surface area contributed by atoms with Crippen LogP contribution in [0.4, 0.5) is 0 Å². The summed E-state index contributed by atoms with van der Waals surface area (Å²) >= 11 is 0. The summed E-state index contributed by atoms with van der Waals surface area (Å²) in [5.41, 5.74) is 1.34. The SMILES string of the molecule is CCc1nc(C(=O)N2CC=C(C)CC2)n[nH]1. The van der Waals surface area contributed by atoms with Crippen molar-refractivity contribution in [2.75, 3.05) is 13.1 Å². The van der Waals surface area contributed by atoms with Gasteiger partial charge in [-0.05, 0) is 13.3 Å². The van der Waals surface area contributed by atoms with Crippen LogP contribution >= 0.6 is 0 Å². The molecule has 0 bridgehead atoms. The minimum absolute atomic E-state index is 0.0836. The van der Waals surface area contributed by atoms with Crippen LogP contribution in [0.25, 0.3) is 0 Å². The molecular weight excluding hydrogens is 204 g/mol. The third-order valence-corrected chi connectivity index (χ3v) is 2.78. The smallest absolute Gasteiger partial charge is 0.293 e. The van der Waals surface area contributed by atoms with Crippen LogP contribution in [0.1, 0.15) is 36.7 Å². The maximum atomic E-state index is 12.0. The van der Waals surface area contributed by atoms with Crippen molar-refractivity contribution < 1.29 is 4.79 Å². The van der Waals surface area contributed by atoms with E-state index in [4.69, 9.17) is 0 Å². The summed E-state index contributed by atoms with van der Waals surface area (Å²) in [4.78, 5) is 17.9. The summed E-state index contributed by atoms with van der Waals surface area (Å²) in [6.07, 6.45) is 3.78. The Balaban J connectivity index is 2.08. The second-order valence-electron chi connectivity index (χ2n) is 4.01. The number of aryl methyl sites for hydroxylation is 1. The highest BCUT2D eigenvalue weighted by atomic mass is 16.2. The van der Waals surface area contributed by atoms with Gasteiger partial charge in [-0.3, -0.25) is 9.89 Å². The van der Waals surface area contributed by atoms with Crippen LogP contribution < -0.4 is 0 Å². The number of amides is 1. The van der Waals surface area contributed by atoms with E-state index in [2.05, 4.69) is 28.2 Å². The van der Waals surface area contributed by atoms with Crippen LogP contribution in [0, 0.1) is 0 Å². The molecule has 16 heavy (non-hydrogen) atoms. The van der Waals surface area contributed by atoms with E-state index in [1.165, 1.54) is 5.57 Å². The molecule has 0 radical (unpaired) electrons. The number of hydrogen-bond donors (Lipinski definition) is 1. The van der Waals surface area contributed by atoms with Crippen LogP contribution in [0.2, 0.25) is 0 Å². The Kier molecular flexibility index (Phi) is 3.03. The molecule has 0 saturated heterocycles. The molecule has 2 rings (SSSR count). The standard InChI is InChI=1S/C11H16N4O/c1-3-9-12-10(14-13-9)11(16)15-6-4-8(2)5-7-15/h4H,3,5-7H2,1-2H3,(H,12,13,14). The molecule has 0 saturated carbocycles. The Labute approximate surface area is 94.6 Å². The molecule has 1 N–H and O–H groups in total. The molecule has 5 nitrogen and oxygen atoms in total. The van der Waals surface area contributed by atoms with Crippen LogP contribution in [-0.2, 0) is 6.42 Å². The number of hydrogen-bond acceptors (Lipinski definition) is 3. The van der Waals surface area contributed by atoms with Gasteiger partial charge in [0.2, 0.25) is 5.82 Å². The van der Waals surface area contributed by atoms with Crippen molar-refractivity contribution in [3.8, 4) is 0 Å². The number of carbonyl (C=O) groups excluding carboxylic acids is 1. The zero-order chi connectivity index (χ0) is 11.5. The van der Waals surface area contributed by atoms with Crippen molar-refractivity contribution >= 4 is 5.91 Å². The van der Waals surface area contributed by atoms with E-state index < -0.39 is 0 Å². The maximum absolute atomic E-state index is 12.0. The predicted octanol–water partition coefficient (Wildman–Crippen LogP) is 1.16. The Morgan fingerprint density at radius 2 is 2.44 bits per heavy atom. The molecule has 5 heteroatoms. The summed E-state index contributed by atoms with van der Waals surface area (Å²) in [5, 5.41) is 6.69. The lowest BCUT2D eigenvalue weighted by molar-refractivity contribution is 0.0757. The van der Waals surface area contributed by atoms with Crippen molar-refractivity contribution in [1.82, 2.24) is 20.1 Å². The van der Waals surface area contributed by atoms with Crippen molar-refractivity contribution in [2.45, 2.75) is 26.7 Å². The van der Waals surface area contributed by atoms with Crippen LogP contribution in [0.15, 0.2) is 11.6 Å². The number of nitrogens with one attached hydrogen (secondary N) is 1. The minimum Gasteiger partial charge on any atom is -0.332 e. The highest BCUT2D eigenvalue weighted by Gasteiger charge is 2.20. The number of aromatic amines is 1. The topological polar surface area (TPSA) is 61.9 Å². The Morgan fingerprint density at radius 1 is 1.62 bits per heavy atom. The van der Waals surface area contributed by atoms with Crippen molar-refractivity contribution in [3.63, 3.8) is 0 Å². The number of carbonyl (C=O) groups is 1. The van der Waals surface area contributed by atoms with Crippen molar-refractivity contribution in [3.05, 3.63) is 23.3 Å². The first kappa shape index (κ1) is 10.9. The largest absolute Gasteiger partial charge is 0.332 e. The maximum Gasteiger partial charge on any atom is 0.293 e. The second-order valence-corrected chi connectivity index (χ2v) is 4.01. The quantitative estimate of drug-likeness (QED) is 0.761. The van der Waals surface area contributed by atoms with Gasteiger partial charge in [-0.1, -0.05) is 18.6 Å². The van der Waals surface area contributed by atoms with Gasteiger partial charge < -0.3 is 4.90 Å². The van der Waals surface area contributed by atoms with Gasteiger partial charge in [-0.2, -0.15) is 0 Å². The van der Waals surface area contributed by atoms with Gasteiger partial charge in [0.25, 0.3) is 5.91 Å². The number of rotatable bonds is 2. The van der Waals surface area contributed by atoms with Gasteiger partial charge in [0.1, 0.15) is 5.82 Å². The third-order valence-electron chi connectivity index (χ3n) is 2.78. The van der Waals surface area contributed by atoms with E-state index in [0.29, 0.717) is 6.54 Å². The molecule has 1 aromatic rings. The molecule has 0 fully saturated rings. The molecule has 0 aliphatic carbocycles. The van der Waals surface area contributed by atoms with Crippen LogP contribution in [-0.4, -0.2) is 39.1 Å². The molecule has 0 unspecified atom stereocenters. The molecule has 1 aromatic heterocycles. The molecular formula is C11H16N4O. The molecule has 0 spiro atoms. The number of H-pyrrole nitrogens is 1. The highest BCUT2D eigenvalue weighted by Crippen LogP contribution is 2.11. The van der Waals surface area contributed by atoms with E-state index in [0.717, 1.165) is 25.2 Å². The van der Waals surface area contributed by atoms with Gasteiger partial charge in [0.05, 0.1) is 0 Å². The minimum atomic E-state index is -0.0836. The Morgan fingerprint density at radius 3 is 3.00 bits per heavy atom. The lowest BCUT2D eigenvalue weighted by atomic mass is 10.1. The summed E-state index contributed by atoms with van der Waals surface area (Å²) in [5.74, 6) is 0.955. The molecule has 1 aliphatic heterocycles. The van der Waals surface area contributed by atoms with E-state index in [1.54, 1.807) is 4.90 Å². The Bertz CT molecular complexity index is 421. The first-order valence-corrected chi connectivity index (χ1v) is 5.57. The monoisotopic (exact) mass is 220 g/mol. The summed E-state index contributed by atoms with van der Waals surface area (Å²) in [6.45, 7) is 5.49. The fraction of sp³-hybridized carbons (Fsp3) is 0.545. The van der Waals surface area contributed by atoms with Crippen LogP contribution in [0.5, 0.6) is 0 Å². The van der Waals surface area contributed by atoms with Gasteiger partial charge in [-0.25, -0.2) is 4.98 Å². The molecule has 2 heterocycles. The van der Waals surface area contributed by atoms with Crippen molar-refractivity contribution in [1.29, 1.82) is 0 Å². The fourth-order valence-electron chi connectivity index (χ4n) is 1.65. The Hall–Kier alpha value is -1.65. The van der Waals surface area contributed by atoms with Gasteiger partial charge in [-0.15, -0.1) is 5.10 Å². The average molecular weight is 220 g/mol. The molecule has 0 atom stereocenters. The first-order valence-electron chi connectivity index (χ1n) is 5.57. The normalized spacial score (nSPS) is 16.1.